The van der Waals surface area contributed by atoms with Gasteiger partial charge in [-0.15, -0.1) is 24.0 Å². The van der Waals surface area contributed by atoms with E-state index >= 15 is 0 Å². The third-order valence-corrected chi connectivity index (χ3v) is 9.16. The van der Waals surface area contributed by atoms with Crippen molar-refractivity contribution in [1.29, 1.82) is 0 Å². The standard InChI is InChI=1S/C24H17P.C5H.Fe.HI/c1-4-14-22(15-5-1)25(20-21-12-10-11-13-21,23-16-6-2-7-17-23)24-18-8-3-9-19-24;1-2-4-5-3-1;;/h1-9,14-19H,20H2;1H;;1H/q-4;-5;;. The molecule has 5 aromatic carbocycles. The smallest absolute Gasteiger partial charge is 0.102 e. The maximum atomic E-state index is 3.19. The summed E-state index contributed by atoms with van der Waals surface area (Å²) >= 11 is 0. The normalized spacial score (nSPS) is 10.1. The topological polar surface area (TPSA) is 0 Å². The molecule has 0 aromatic heterocycles. The Bertz CT molecular complexity index is 976. The molecule has 0 radical (unpaired) electrons. The molecular formula is C29H19FeIP-9. The molecule has 0 bridgehead atoms. The Kier molecular flexibility index (Phi) is 11.1. The second kappa shape index (κ2) is 13.6. The van der Waals surface area contributed by atoms with Crippen LogP contribution in [0.15, 0.2) is 97.1 Å². The number of benzene rings is 3. The third kappa shape index (κ3) is 6.30. The second-order valence-corrected chi connectivity index (χ2v) is 10.1. The van der Waals surface area contributed by atoms with Crippen molar-refractivity contribution in [3.8, 4) is 0 Å². The predicted octanol–water partition coefficient (Wildman–Crippen LogP) is 5.32. The third-order valence-electron chi connectivity index (χ3n) is 4.83. The molecule has 0 heterocycles. The summed E-state index contributed by atoms with van der Waals surface area (Å²) in [6.07, 6.45) is 0.880. The Labute approximate surface area is 220 Å². The molecule has 0 nitrogen and oxygen atoms in total. The van der Waals surface area contributed by atoms with Gasteiger partial charge in [-0.05, 0) is 36.4 Å². The molecule has 0 aliphatic heterocycles. The fraction of sp³-hybridized carbons (Fsp3) is 0.0345. The van der Waals surface area contributed by atoms with Gasteiger partial charge in [-0.1, -0.05) is 60.8 Å². The minimum atomic E-state index is -1.84. The molecule has 0 saturated heterocycles. The molecule has 32 heavy (non-hydrogen) atoms. The molecule has 0 aliphatic carbocycles. The zero-order valence-corrected chi connectivity index (χ0v) is 21.5. The van der Waals surface area contributed by atoms with Crippen LogP contribution in [0, 0.1) is 48.5 Å². The Morgan fingerprint density at radius 2 is 0.969 bits per heavy atom. The van der Waals surface area contributed by atoms with Gasteiger partial charge < -0.3 is 60.2 Å². The predicted molar refractivity (Wildman–Crippen MR) is 139 cm³/mol. The first-order chi connectivity index (χ1) is 14.9. The van der Waals surface area contributed by atoms with Crippen LogP contribution in [0.4, 0.5) is 0 Å². The van der Waals surface area contributed by atoms with Gasteiger partial charge in [0.2, 0.25) is 0 Å². The molecule has 0 saturated carbocycles. The van der Waals surface area contributed by atoms with Crippen molar-refractivity contribution in [2.24, 2.45) is 0 Å². The first-order valence-electron chi connectivity index (χ1n) is 9.65. The molecule has 0 N–H and O–H groups in total. The van der Waals surface area contributed by atoms with Gasteiger partial charge in [-0.3, -0.25) is 0 Å². The van der Waals surface area contributed by atoms with Crippen molar-refractivity contribution in [3.05, 3.63) is 151 Å². The van der Waals surface area contributed by atoms with Gasteiger partial charge in [-0.25, -0.2) is 0 Å². The molecule has 5 aromatic rings. The van der Waals surface area contributed by atoms with Gasteiger partial charge in [0.1, 0.15) is 15.9 Å². The largest absolute Gasteiger partial charge is 0.999 e. The van der Waals surface area contributed by atoms with Crippen LogP contribution in [0.2, 0.25) is 0 Å². The van der Waals surface area contributed by atoms with Crippen molar-refractivity contribution < 1.29 is 17.1 Å². The molecule has 0 aliphatic rings. The van der Waals surface area contributed by atoms with Crippen LogP contribution in [0.25, 0.3) is 0 Å². The molecule has 0 amide bonds. The first kappa shape index (κ1) is 26.3. The fourth-order valence-corrected chi connectivity index (χ4v) is 7.63. The minimum Gasteiger partial charge on any atom is -0.999 e. The van der Waals surface area contributed by atoms with Crippen molar-refractivity contribution >= 4 is 47.2 Å². The summed E-state index contributed by atoms with van der Waals surface area (Å²) in [6, 6.07) is 56.8. The van der Waals surface area contributed by atoms with E-state index in [4.69, 9.17) is 0 Å². The van der Waals surface area contributed by atoms with Gasteiger partial charge in [0.15, 0.2) is 0 Å². The minimum absolute atomic E-state index is 0. The van der Waals surface area contributed by atoms with Gasteiger partial charge in [0.05, 0.1) is 7.26 Å². The van der Waals surface area contributed by atoms with Gasteiger partial charge in [0, 0.05) is 17.1 Å². The molecule has 5 rings (SSSR count). The fourth-order valence-electron chi connectivity index (χ4n) is 3.51. The molecular weight excluding hydrogens is 562 g/mol. The molecule has 0 atom stereocenters. The van der Waals surface area contributed by atoms with E-state index in [1.807, 2.05) is 0 Å². The van der Waals surface area contributed by atoms with Gasteiger partial charge in [-0.2, -0.15) is 0 Å². The Morgan fingerprint density at radius 3 is 1.28 bits per heavy atom. The average Bonchev–Trinajstić information content (AvgIpc) is 3.56. The van der Waals surface area contributed by atoms with Crippen LogP contribution in [0.1, 0.15) is 5.56 Å². The van der Waals surface area contributed by atoms with E-state index < -0.39 is 7.26 Å². The maximum absolute atomic E-state index is 3.19. The number of hydrogen-bond acceptors (Lipinski definition) is 0. The maximum Gasteiger partial charge on any atom is 0.102 e. The summed E-state index contributed by atoms with van der Waals surface area (Å²) in [6.45, 7) is 0. The number of halogens is 1. The number of rotatable bonds is 5. The summed E-state index contributed by atoms with van der Waals surface area (Å²) < 4.78 is 0. The van der Waals surface area contributed by atoms with Crippen LogP contribution in [0.3, 0.4) is 0 Å². The summed E-state index contributed by atoms with van der Waals surface area (Å²) in [4.78, 5) is 0. The first-order valence-corrected chi connectivity index (χ1v) is 11.6. The van der Waals surface area contributed by atoms with E-state index in [-0.39, 0.29) is 41.0 Å². The van der Waals surface area contributed by atoms with Crippen molar-refractivity contribution in [2.45, 2.75) is 6.16 Å². The van der Waals surface area contributed by atoms with E-state index in [0.29, 0.717) is 0 Å². The molecule has 0 fully saturated rings. The molecule has 3 heteroatoms. The van der Waals surface area contributed by atoms with E-state index in [1.165, 1.54) is 15.9 Å². The van der Waals surface area contributed by atoms with Gasteiger partial charge >= 0.3 is 0 Å². The Hall–Kier alpha value is -1.96. The van der Waals surface area contributed by atoms with E-state index in [1.54, 1.807) is 6.07 Å². The summed E-state index contributed by atoms with van der Waals surface area (Å²) in [5.41, 5.74) is 1.05. The Balaban J connectivity index is 0.000000460. The summed E-state index contributed by atoms with van der Waals surface area (Å²) in [7, 11) is -1.84. The monoisotopic (exact) mass is 581 g/mol. The van der Waals surface area contributed by atoms with E-state index in [0.717, 1.165) is 11.7 Å². The van der Waals surface area contributed by atoms with E-state index in [9.17, 15) is 0 Å². The zero-order chi connectivity index (χ0) is 20.5. The number of hydrogen-bond donors (Lipinski definition) is 0. The van der Waals surface area contributed by atoms with Crippen LogP contribution in [-0.4, -0.2) is 0 Å². The van der Waals surface area contributed by atoms with Crippen molar-refractivity contribution in [3.63, 3.8) is 0 Å². The van der Waals surface area contributed by atoms with Gasteiger partial charge in [0.25, 0.3) is 0 Å². The van der Waals surface area contributed by atoms with E-state index in [2.05, 4.69) is 140 Å². The summed E-state index contributed by atoms with van der Waals surface area (Å²) in [5.74, 6) is 0. The summed E-state index contributed by atoms with van der Waals surface area (Å²) in [5, 5.41) is 4.11. The molecule has 0 spiro atoms. The zero-order valence-electron chi connectivity index (χ0n) is 17.2. The average molecular weight is 581 g/mol. The van der Waals surface area contributed by atoms with Crippen LogP contribution >= 0.6 is 31.2 Å². The van der Waals surface area contributed by atoms with Crippen molar-refractivity contribution in [1.82, 2.24) is 0 Å². The quantitative estimate of drug-likeness (QED) is 0.114. The van der Waals surface area contributed by atoms with Crippen LogP contribution in [-0.2, 0) is 23.2 Å². The molecule has 164 valence electrons. The van der Waals surface area contributed by atoms with Crippen molar-refractivity contribution in [2.75, 3.05) is 0 Å². The van der Waals surface area contributed by atoms with Crippen LogP contribution in [0.5, 0.6) is 0 Å². The SMILES string of the molecule is I.[Fe].[c-]1[c-][c-][c-](C[P+](c2ccccc2)(c2ccccc2)c2ccccc2)[c-]1.[c-]1[c-][c-][cH-][c-]1. The van der Waals surface area contributed by atoms with Crippen LogP contribution < -0.4 is 15.9 Å². The second-order valence-electron chi connectivity index (χ2n) is 6.64. The molecule has 0 unspecified atom stereocenters. The Morgan fingerprint density at radius 1 is 0.594 bits per heavy atom.